The monoisotopic (exact) mass is 198 g/mol. The van der Waals surface area contributed by atoms with Crippen molar-refractivity contribution < 1.29 is 8.76 Å². The summed E-state index contributed by atoms with van der Waals surface area (Å²) in [7, 11) is 0. The molecule has 4 heteroatoms. The molecule has 1 aromatic rings. The first-order chi connectivity index (χ1) is 6.24. The van der Waals surface area contributed by atoms with Gasteiger partial charge in [-0.05, 0) is 30.1 Å². The molecule has 0 saturated heterocycles. The third-order valence-corrected chi connectivity index (χ3v) is 2.29. The van der Waals surface area contributed by atoms with Crippen LogP contribution in [0.2, 0.25) is 0 Å². The normalized spacial score (nSPS) is 12.5. The largest absolute Gasteiger partial charge is 0.771 e. The Kier molecular flexibility index (Phi) is 3.92. The number of hydrogen-bond donors (Lipinski definition) is 0. The Hall–Kier alpha value is -0.870. The van der Waals surface area contributed by atoms with Crippen LogP contribution < -0.4 is 4.90 Å². The summed E-state index contributed by atoms with van der Waals surface area (Å²) in [6.45, 7) is 2.62. The molecule has 72 valence electrons. The average Bonchev–Trinajstić information content (AvgIpc) is 2.15. The highest BCUT2D eigenvalue weighted by molar-refractivity contribution is 7.79. The van der Waals surface area contributed by atoms with Crippen molar-refractivity contribution >= 4 is 16.8 Å². The van der Waals surface area contributed by atoms with E-state index >= 15 is 0 Å². The van der Waals surface area contributed by atoms with Gasteiger partial charge in [0.05, 0.1) is 5.88 Å². The van der Waals surface area contributed by atoms with Crippen molar-refractivity contribution in [2.24, 2.45) is 0 Å². The molecule has 1 atom stereocenters. The van der Waals surface area contributed by atoms with Gasteiger partial charge >= 0.3 is 0 Å². The van der Waals surface area contributed by atoms with Gasteiger partial charge in [0, 0.05) is 12.2 Å². The maximum absolute atomic E-state index is 10.5. The summed E-state index contributed by atoms with van der Waals surface area (Å²) < 4.78 is 21.0. The summed E-state index contributed by atoms with van der Waals surface area (Å²) in [6, 6.07) is 9.50. The maximum Gasteiger partial charge on any atom is 0.0805 e. The lowest BCUT2D eigenvalue weighted by Gasteiger charge is -2.23. The van der Waals surface area contributed by atoms with E-state index in [0.29, 0.717) is 6.54 Å². The molecule has 0 fully saturated rings. The van der Waals surface area contributed by atoms with Crippen molar-refractivity contribution in [3.8, 4) is 0 Å². The molecule has 0 N–H and O–H groups in total. The second-order valence-corrected chi connectivity index (χ2v) is 3.49. The highest BCUT2D eigenvalue weighted by Crippen LogP contribution is 2.12. The molecule has 0 heterocycles. The first-order valence-electron chi connectivity index (χ1n) is 4.10. The van der Waals surface area contributed by atoms with Crippen LogP contribution in [-0.4, -0.2) is 21.2 Å². The van der Waals surface area contributed by atoms with Crippen LogP contribution in [0.1, 0.15) is 6.92 Å². The topological polar surface area (TPSA) is 43.4 Å². The number of rotatable bonds is 4. The van der Waals surface area contributed by atoms with Crippen LogP contribution in [0.3, 0.4) is 0 Å². The van der Waals surface area contributed by atoms with Gasteiger partial charge in [0.25, 0.3) is 0 Å². The minimum atomic E-state index is -2.02. The Labute approximate surface area is 80.7 Å². The number of nitrogens with zero attached hydrogens (tertiary/aromatic N) is 1. The Bertz CT molecular complexity index is 276. The van der Waals surface area contributed by atoms with E-state index in [1.807, 2.05) is 37.3 Å². The number of hydrogen-bond acceptors (Lipinski definition) is 3. The zero-order valence-electron chi connectivity index (χ0n) is 7.47. The summed E-state index contributed by atoms with van der Waals surface area (Å²) >= 11 is -2.02. The fourth-order valence-electron chi connectivity index (χ4n) is 1.11. The van der Waals surface area contributed by atoms with Crippen molar-refractivity contribution in [1.29, 1.82) is 0 Å². The van der Waals surface area contributed by atoms with Gasteiger partial charge in [-0.2, -0.15) is 0 Å². The van der Waals surface area contributed by atoms with Crippen LogP contribution in [-0.2, 0) is 11.1 Å². The fourth-order valence-corrected chi connectivity index (χ4v) is 1.70. The average molecular weight is 198 g/mol. The van der Waals surface area contributed by atoms with Gasteiger partial charge in [0.15, 0.2) is 0 Å². The van der Waals surface area contributed by atoms with E-state index < -0.39 is 11.1 Å². The molecule has 0 saturated carbocycles. The second kappa shape index (κ2) is 4.99. The summed E-state index contributed by atoms with van der Waals surface area (Å²) in [5.41, 5.74) is 0.939. The zero-order chi connectivity index (χ0) is 9.68. The first kappa shape index (κ1) is 10.2. The molecule has 3 nitrogen and oxygen atoms in total. The second-order valence-electron chi connectivity index (χ2n) is 2.62. The third kappa shape index (κ3) is 3.16. The van der Waals surface area contributed by atoms with Crippen molar-refractivity contribution in [1.82, 2.24) is 0 Å². The molecule has 0 spiro atoms. The molecule has 0 radical (unpaired) electrons. The van der Waals surface area contributed by atoms with E-state index in [1.54, 1.807) is 4.90 Å². The number of benzene rings is 1. The van der Waals surface area contributed by atoms with Crippen molar-refractivity contribution in [2.45, 2.75) is 6.92 Å². The van der Waals surface area contributed by atoms with E-state index in [4.69, 9.17) is 0 Å². The van der Waals surface area contributed by atoms with Crippen molar-refractivity contribution in [3.05, 3.63) is 30.3 Å². The third-order valence-electron chi connectivity index (χ3n) is 1.76. The van der Waals surface area contributed by atoms with Crippen LogP contribution in [0.15, 0.2) is 30.3 Å². The molecule has 0 aromatic heterocycles. The Morgan fingerprint density at radius 1 is 1.38 bits per heavy atom. The predicted molar refractivity (Wildman–Crippen MR) is 53.2 cm³/mol. The molecular weight excluding hydrogens is 186 g/mol. The summed E-state index contributed by atoms with van der Waals surface area (Å²) in [6.07, 6.45) is 0. The van der Waals surface area contributed by atoms with E-state index in [1.165, 1.54) is 0 Å². The van der Waals surface area contributed by atoms with Crippen molar-refractivity contribution in [2.75, 3.05) is 17.3 Å². The quantitative estimate of drug-likeness (QED) is 0.686. The molecule has 1 rings (SSSR count). The van der Waals surface area contributed by atoms with Crippen LogP contribution >= 0.6 is 0 Å². The first-order valence-corrected chi connectivity index (χ1v) is 5.34. The van der Waals surface area contributed by atoms with E-state index in [-0.39, 0.29) is 5.88 Å². The highest BCUT2D eigenvalue weighted by atomic mass is 32.2. The summed E-state index contributed by atoms with van der Waals surface area (Å²) in [5, 5.41) is 0. The lowest BCUT2D eigenvalue weighted by molar-refractivity contribution is 0.535. The molecule has 0 aliphatic carbocycles. The predicted octanol–water partition coefficient (Wildman–Crippen LogP) is 1.35. The standard InChI is InChI=1S/C9H13NO2S/c1-2-10(8-13(11)12)9-6-4-3-5-7-9/h3-7H,2,8H2,1H3,(H,11,12)/p-1. The van der Waals surface area contributed by atoms with Crippen LogP contribution in [0.25, 0.3) is 0 Å². The summed E-state index contributed by atoms with van der Waals surface area (Å²) in [5.74, 6) is 0.0561. The van der Waals surface area contributed by atoms with Gasteiger partial charge in [0.2, 0.25) is 0 Å². The maximum atomic E-state index is 10.5. The Morgan fingerprint density at radius 2 is 2.00 bits per heavy atom. The molecule has 0 bridgehead atoms. The molecule has 1 unspecified atom stereocenters. The minimum absolute atomic E-state index is 0.0561. The van der Waals surface area contributed by atoms with Gasteiger partial charge in [-0.3, -0.25) is 4.21 Å². The van der Waals surface area contributed by atoms with Gasteiger partial charge in [-0.25, -0.2) is 0 Å². The smallest absolute Gasteiger partial charge is 0.0805 e. The molecule has 0 aliphatic rings. The van der Waals surface area contributed by atoms with E-state index in [0.717, 1.165) is 5.69 Å². The Balaban J connectivity index is 2.73. The number of para-hydroxylation sites is 1. The van der Waals surface area contributed by atoms with Crippen LogP contribution in [0, 0.1) is 0 Å². The van der Waals surface area contributed by atoms with Gasteiger partial charge in [-0.1, -0.05) is 18.2 Å². The van der Waals surface area contributed by atoms with E-state index in [9.17, 15) is 8.76 Å². The molecule has 1 aromatic carbocycles. The lowest BCUT2D eigenvalue weighted by atomic mass is 10.3. The SMILES string of the molecule is CCN(CS(=O)[O-])c1ccccc1. The zero-order valence-corrected chi connectivity index (χ0v) is 8.29. The van der Waals surface area contributed by atoms with Gasteiger partial charge < -0.3 is 9.45 Å². The van der Waals surface area contributed by atoms with Gasteiger partial charge in [0.1, 0.15) is 0 Å². The van der Waals surface area contributed by atoms with E-state index in [2.05, 4.69) is 0 Å². The van der Waals surface area contributed by atoms with Crippen LogP contribution in [0.5, 0.6) is 0 Å². The molecule has 13 heavy (non-hydrogen) atoms. The Morgan fingerprint density at radius 3 is 2.46 bits per heavy atom. The molecule has 0 aliphatic heterocycles. The number of anilines is 1. The molecule has 0 amide bonds. The van der Waals surface area contributed by atoms with Crippen molar-refractivity contribution in [3.63, 3.8) is 0 Å². The minimum Gasteiger partial charge on any atom is -0.771 e. The van der Waals surface area contributed by atoms with Gasteiger partial charge in [-0.15, -0.1) is 0 Å². The highest BCUT2D eigenvalue weighted by Gasteiger charge is 2.01. The molecular formula is C9H12NO2S-. The fraction of sp³-hybridized carbons (Fsp3) is 0.333. The lowest BCUT2D eigenvalue weighted by Crippen LogP contribution is -2.26. The van der Waals surface area contributed by atoms with Crippen LogP contribution in [0.4, 0.5) is 5.69 Å². The summed E-state index contributed by atoms with van der Waals surface area (Å²) in [4.78, 5) is 1.79.